The van der Waals surface area contributed by atoms with Crippen LogP contribution in [0.2, 0.25) is 0 Å². The van der Waals surface area contributed by atoms with E-state index < -0.39 is 37.1 Å². The smallest absolute Gasteiger partial charge is 0.123 e. The first-order valence-electron chi connectivity index (χ1n) is 10.2. The lowest BCUT2D eigenvalue weighted by Gasteiger charge is -2.40. The Hall–Kier alpha value is -2.16. The van der Waals surface area contributed by atoms with Gasteiger partial charge < -0.3 is 35.2 Å². The molecule has 1 fully saturated rings. The average molecular weight is 415 g/mol. The maximum Gasteiger partial charge on any atom is 0.123 e. The molecule has 1 aliphatic carbocycles. The van der Waals surface area contributed by atoms with Gasteiger partial charge in [-0.3, -0.25) is 0 Å². The number of phenolic OH excluding ortho intramolecular Hbond substituents is 1. The van der Waals surface area contributed by atoms with Crippen LogP contribution in [0, 0.1) is 0 Å². The number of rotatable bonds is 5. The van der Waals surface area contributed by atoms with Gasteiger partial charge in [0.25, 0.3) is 0 Å². The number of fused-ring (bicyclic) bond motifs is 1. The van der Waals surface area contributed by atoms with Crippen molar-refractivity contribution in [1.29, 1.82) is 0 Å². The van der Waals surface area contributed by atoms with Crippen LogP contribution < -0.4 is 4.90 Å². The number of aryl methyl sites for hydroxylation is 2. The largest absolute Gasteiger partial charge is 0.507 e. The number of ether oxygens (including phenoxy) is 1. The summed E-state index contributed by atoms with van der Waals surface area (Å²) in [6, 6.07) is 9.86. The fourth-order valence-corrected chi connectivity index (χ4v) is 4.36. The summed E-state index contributed by atoms with van der Waals surface area (Å²) in [6.45, 7) is -0.514. The zero-order valence-corrected chi connectivity index (χ0v) is 17.2. The molecule has 0 aromatic heterocycles. The number of hydrogen-bond donors (Lipinski definition) is 5. The van der Waals surface area contributed by atoms with E-state index in [0.717, 1.165) is 29.7 Å². The molecule has 0 unspecified atom stereocenters. The van der Waals surface area contributed by atoms with Gasteiger partial charge >= 0.3 is 0 Å². The third-order valence-electron chi connectivity index (χ3n) is 6.24. The first-order valence-corrected chi connectivity index (χ1v) is 10.2. The van der Waals surface area contributed by atoms with Gasteiger partial charge in [0, 0.05) is 31.4 Å². The number of hydrogen-bond acceptors (Lipinski definition) is 7. The zero-order chi connectivity index (χ0) is 21.6. The number of aliphatic hydroxyl groups excluding tert-OH is 4. The molecule has 0 radical (unpaired) electrons. The molecular formula is C23H29NO6. The molecule has 5 N–H and O–H groups in total. The van der Waals surface area contributed by atoms with Crippen molar-refractivity contribution in [2.45, 2.75) is 49.8 Å². The topological polar surface area (TPSA) is 114 Å². The van der Waals surface area contributed by atoms with Crippen molar-refractivity contribution in [2.75, 3.05) is 25.6 Å². The molecule has 2 aromatic rings. The van der Waals surface area contributed by atoms with Crippen molar-refractivity contribution in [2.24, 2.45) is 0 Å². The van der Waals surface area contributed by atoms with E-state index in [1.807, 2.05) is 19.0 Å². The Morgan fingerprint density at radius 3 is 2.30 bits per heavy atom. The van der Waals surface area contributed by atoms with E-state index in [0.29, 0.717) is 12.0 Å². The third-order valence-corrected chi connectivity index (χ3v) is 6.24. The minimum absolute atomic E-state index is 0.0797. The molecule has 7 nitrogen and oxygen atoms in total. The first-order chi connectivity index (χ1) is 14.3. The zero-order valence-electron chi connectivity index (χ0n) is 17.2. The SMILES string of the molecule is CN(C)c1cc(O)c([C@@H]2O[C@H](CO)[C@@H](O)[C@H](O)[C@H]2O)cc1Cc1ccc2c(c1)CC2. The van der Waals surface area contributed by atoms with Gasteiger partial charge in [-0.05, 0) is 47.6 Å². The van der Waals surface area contributed by atoms with Gasteiger partial charge in [-0.25, -0.2) is 0 Å². The van der Waals surface area contributed by atoms with Crippen LogP contribution in [-0.2, 0) is 24.0 Å². The Labute approximate surface area is 175 Å². The molecule has 162 valence electrons. The minimum Gasteiger partial charge on any atom is -0.507 e. The molecular weight excluding hydrogens is 386 g/mol. The lowest BCUT2D eigenvalue weighted by molar-refractivity contribution is -0.232. The third kappa shape index (κ3) is 3.68. The van der Waals surface area contributed by atoms with Gasteiger partial charge in [-0.1, -0.05) is 18.2 Å². The van der Waals surface area contributed by atoms with E-state index in [2.05, 4.69) is 18.2 Å². The summed E-state index contributed by atoms with van der Waals surface area (Å²) in [5, 5.41) is 50.8. The van der Waals surface area contributed by atoms with Crippen LogP contribution in [0.1, 0.15) is 33.9 Å². The normalized spacial score (nSPS) is 28.0. The summed E-state index contributed by atoms with van der Waals surface area (Å²) in [5.74, 6) is -0.0797. The van der Waals surface area contributed by atoms with Crippen LogP contribution >= 0.6 is 0 Å². The highest BCUT2D eigenvalue weighted by molar-refractivity contribution is 5.61. The number of nitrogens with zero attached hydrogens (tertiary/aromatic N) is 1. The molecule has 1 saturated heterocycles. The molecule has 1 aliphatic heterocycles. The van der Waals surface area contributed by atoms with Gasteiger partial charge in [-0.15, -0.1) is 0 Å². The summed E-state index contributed by atoms with van der Waals surface area (Å²) >= 11 is 0. The predicted molar refractivity (Wildman–Crippen MR) is 112 cm³/mol. The summed E-state index contributed by atoms with van der Waals surface area (Å²) < 4.78 is 5.66. The van der Waals surface area contributed by atoms with Crippen LogP contribution in [0.3, 0.4) is 0 Å². The Balaban J connectivity index is 1.71. The Bertz CT molecular complexity index is 928. The van der Waals surface area contributed by atoms with Gasteiger partial charge in [0.15, 0.2) is 0 Å². The van der Waals surface area contributed by atoms with Gasteiger partial charge in [0.2, 0.25) is 0 Å². The first kappa shape index (κ1) is 21.1. The number of anilines is 1. The molecule has 0 saturated carbocycles. The molecule has 2 aliphatic rings. The highest BCUT2D eigenvalue weighted by Gasteiger charge is 2.44. The van der Waals surface area contributed by atoms with Crippen molar-refractivity contribution in [3.8, 4) is 5.75 Å². The molecule has 2 aromatic carbocycles. The molecule has 30 heavy (non-hydrogen) atoms. The molecule has 0 amide bonds. The van der Waals surface area contributed by atoms with Gasteiger partial charge in [-0.2, -0.15) is 0 Å². The highest BCUT2D eigenvalue weighted by Crippen LogP contribution is 2.40. The van der Waals surface area contributed by atoms with E-state index in [9.17, 15) is 25.5 Å². The monoisotopic (exact) mass is 415 g/mol. The van der Waals surface area contributed by atoms with Crippen molar-refractivity contribution >= 4 is 5.69 Å². The standard InChI is InChI=1S/C23H29NO6/c1-24(2)17-10-18(26)16(23-22(29)21(28)20(27)19(11-25)30-23)9-15(17)8-12-3-4-13-5-6-14(13)7-12/h3-4,7,9-10,19-23,25-29H,5-6,8,11H2,1-2H3/t19-,20-,21+,22-,23+/m1/s1. The summed E-state index contributed by atoms with van der Waals surface area (Å²) in [6.07, 6.45) is -3.63. The quantitative estimate of drug-likeness (QED) is 0.488. The second kappa shape index (κ2) is 8.17. The second-order valence-electron chi connectivity index (χ2n) is 8.46. The molecule has 4 rings (SSSR count). The molecule has 0 spiro atoms. The summed E-state index contributed by atoms with van der Waals surface area (Å²) in [7, 11) is 3.78. The molecule has 5 atom stereocenters. The Kier molecular flexibility index (Phi) is 5.74. The van der Waals surface area contributed by atoms with Gasteiger partial charge in [0.05, 0.1) is 6.61 Å². The maximum atomic E-state index is 10.7. The van der Waals surface area contributed by atoms with Crippen molar-refractivity contribution in [3.63, 3.8) is 0 Å². The van der Waals surface area contributed by atoms with Crippen LogP contribution in [0.25, 0.3) is 0 Å². The van der Waals surface area contributed by atoms with Crippen LogP contribution in [0.5, 0.6) is 5.75 Å². The van der Waals surface area contributed by atoms with Crippen molar-refractivity contribution in [3.05, 3.63) is 58.1 Å². The Morgan fingerprint density at radius 2 is 1.70 bits per heavy atom. The average Bonchev–Trinajstić information content (AvgIpc) is 2.69. The fraction of sp³-hybridized carbons (Fsp3) is 0.478. The lowest BCUT2D eigenvalue weighted by Crippen LogP contribution is -2.55. The van der Waals surface area contributed by atoms with E-state index in [1.165, 1.54) is 11.1 Å². The fourth-order valence-electron chi connectivity index (χ4n) is 4.36. The van der Waals surface area contributed by atoms with Crippen LogP contribution in [-0.4, -0.2) is 70.7 Å². The van der Waals surface area contributed by atoms with Crippen molar-refractivity contribution < 1.29 is 30.3 Å². The number of aliphatic hydroxyl groups is 4. The molecule has 1 heterocycles. The predicted octanol–water partition coefficient (Wildman–Crippen LogP) is 0.662. The van der Waals surface area contributed by atoms with E-state index in [-0.39, 0.29) is 5.75 Å². The molecule has 7 heteroatoms. The van der Waals surface area contributed by atoms with Crippen LogP contribution in [0.15, 0.2) is 30.3 Å². The highest BCUT2D eigenvalue weighted by atomic mass is 16.5. The second-order valence-corrected chi connectivity index (χ2v) is 8.46. The number of benzene rings is 2. The van der Waals surface area contributed by atoms with E-state index in [4.69, 9.17) is 4.74 Å². The summed E-state index contributed by atoms with van der Waals surface area (Å²) in [4.78, 5) is 1.91. The lowest BCUT2D eigenvalue weighted by atomic mass is 9.85. The Morgan fingerprint density at radius 1 is 0.967 bits per heavy atom. The van der Waals surface area contributed by atoms with E-state index in [1.54, 1.807) is 12.1 Å². The maximum absolute atomic E-state index is 10.7. The van der Waals surface area contributed by atoms with Gasteiger partial charge in [0.1, 0.15) is 36.3 Å². The molecule has 0 bridgehead atoms. The minimum atomic E-state index is -1.50. The van der Waals surface area contributed by atoms with E-state index >= 15 is 0 Å². The van der Waals surface area contributed by atoms with Crippen LogP contribution in [0.4, 0.5) is 5.69 Å². The summed E-state index contributed by atoms with van der Waals surface area (Å²) in [5.41, 5.74) is 6.00. The number of aromatic hydroxyl groups is 1. The number of phenols is 1. The van der Waals surface area contributed by atoms with Crippen molar-refractivity contribution in [1.82, 2.24) is 0 Å².